The van der Waals surface area contributed by atoms with Crippen LogP contribution in [0.5, 0.6) is 0 Å². The quantitative estimate of drug-likeness (QED) is 0.878. The summed E-state index contributed by atoms with van der Waals surface area (Å²) in [6, 6.07) is 6.26. The maximum absolute atomic E-state index is 14.2. The van der Waals surface area contributed by atoms with E-state index in [0.29, 0.717) is 6.04 Å². The molecular formula is C17H24BrFN2. The smallest absolute Gasteiger partial charge is 0.129 e. The van der Waals surface area contributed by atoms with Gasteiger partial charge in [-0.3, -0.25) is 4.90 Å². The SMILES string of the molecule is CC(c1ccc(Br)cc1F)N1CCCC(C2CCCN2)C1. The van der Waals surface area contributed by atoms with Crippen molar-refractivity contribution in [3.63, 3.8) is 0 Å². The Bertz CT molecular complexity index is 488. The Kier molecular flexibility index (Phi) is 4.97. The third-order valence-corrected chi connectivity index (χ3v) is 5.61. The van der Waals surface area contributed by atoms with Crippen LogP contribution in [0.1, 0.15) is 44.2 Å². The highest BCUT2D eigenvalue weighted by Crippen LogP contribution is 2.31. The molecule has 1 aromatic rings. The second kappa shape index (κ2) is 6.76. The van der Waals surface area contributed by atoms with Gasteiger partial charge in [0.15, 0.2) is 0 Å². The van der Waals surface area contributed by atoms with Gasteiger partial charge in [0.05, 0.1) is 0 Å². The van der Waals surface area contributed by atoms with Crippen LogP contribution < -0.4 is 5.32 Å². The number of nitrogens with one attached hydrogen (secondary N) is 1. The van der Waals surface area contributed by atoms with Crippen molar-refractivity contribution in [3.8, 4) is 0 Å². The molecule has 2 nitrogen and oxygen atoms in total. The minimum atomic E-state index is -0.0991. The average Bonchev–Trinajstić information content (AvgIpc) is 3.01. The zero-order valence-electron chi connectivity index (χ0n) is 12.6. The lowest BCUT2D eigenvalue weighted by Gasteiger charge is -2.39. The largest absolute Gasteiger partial charge is 0.314 e. The summed E-state index contributed by atoms with van der Waals surface area (Å²) in [5.74, 6) is 0.625. The molecule has 0 aromatic heterocycles. The van der Waals surface area contributed by atoms with E-state index in [1.54, 1.807) is 6.07 Å². The van der Waals surface area contributed by atoms with E-state index >= 15 is 0 Å². The average molecular weight is 355 g/mol. The molecule has 2 saturated heterocycles. The summed E-state index contributed by atoms with van der Waals surface area (Å²) < 4.78 is 15.0. The molecule has 0 saturated carbocycles. The first-order valence-corrected chi connectivity index (χ1v) is 8.87. The number of benzene rings is 1. The maximum Gasteiger partial charge on any atom is 0.129 e. The Morgan fingerprint density at radius 3 is 2.90 bits per heavy atom. The lowest BCUT2D eigenvalue weighted by molar-refractivity contribution is 0.113. The van der Waals surface area contributed by atoms with E-state index in [4.69, 9.17) is 0 Å². The summed E-state index contributed by atoms with van der Waals surface area (Å²) in [7, 11) is 0. The molecule has 1 N–H and O–H groups in total. The molecule has 3 unspecified atom stereocenters. The van der Waals surface area contributed by atoms with Crippen LogP contribution in [0.25, 0.3) is 0 Å². The summed E-state index contributed by atoms with van der Waals surface area (Å²) in [6.07, 6.45) is 5.15. The predicted molar refractivity (Wildman–Crippen MR) is 87.8 cm³/mol. The number of halogens is 2. The first-order valence-electron chi connectivity index (χ1n) is 8.07. The first kappa shape index (κ1) is 15.4. The van der Waals surface area contributed by atoms with Gasteiger partial charge in [-0.25, -0.2) is 4.39 Å². The van der Waals surface area contributed by atoms with E-state index in [0.717, 1.165) is 35.6 Å². The lowest BCUT2D eigenvalue weighted by atomic mass is 9.88. The molecule has 0 aliphatic carbocycles. The van der Waals surface area contributed by atoms with E-state index in [-0.39, 0.29) is 11.9 Å². The fourth-order valence-electron chi connectivity index (χ4n) is 3.87. The number of hydrogen-bond acceptors (Lipinski definition) is 2. The zero-order chi connectivity index (χ0) is 14.8. The van der Waals surface area contributed by atoms with Crippen molar-refractivity contribution in [3.05, 3.63) is 34.1 Å². The van der Waals surface area contributed by atoms with Crippen LogP contribution in [-0.4, -0.2) is 30.6 Å². The number of likely N-dealkylation sites (tertiary alicyclic amines) is 1. The summed E-state index contributed by atoms with van der Waals surface area (Å²) in [5.41, 5.74) is 0.818. The summed E-state index contributed by atoms with van der Waals surface area (Å²) >= 11 is 3.33. The van der Waals surface area contributed by atoms with Gasteiger partial charge >= 0.3 is 0 Å². The monoisotopic (exact) mass is 354 g/mol. The van der Waals surface area contributed by atoms with Crippen LogP contribution in [0.2, 0.25) is 0 Å². The Hall–Kier alpha value is -0.450. The van der Waals surface area contributed by atoms with Crippen molar-refractivity contribution < 1.29 is 4.39 Å². The van der Waals surface area contributed by atoms with Gasteiger partial charge < -0.3 is 5.32 Å². The predicted octanol–water partition coefficient (Wildman–Crippen LogP) is 4.11. The van der Waals surface area contributed by atoms with Crippen molar-refractivity contribution in [2.24, 2.45) is 5.92 Å². The van der Waals surface area contributed by atoms with Gasteiger partial charge in [0.2, 0.25) is 0 Å². The number of nitrogens with zero attached hydrogens (tertiary/aromatic N) is 1. The van der Waals surface area contributed by atoms with E-state index in [9.17, 15) is 4.39 Å². The van der Waals surface area contributed by atoms with Crippen molar-refractivity contribution in [2.45, 2.75) is 44.7 Å². The molecule has 2 aliphatic heterocycles. The lowest BCUT2D eigenvalue weighted by Crippen LogP contribution is -2.44. The van der Waals surface area contributed by atoms with Crippen LogP contribution in [0.3, 0.4) is 0 Å². The van der Waals surface area contributed by atoms with Gasteiger partial charge in [0.1, 0.15) is 5.82 Å². The third-order valence-electron chi connectivity index (χ3n) is 5.12. The third kappa shape index (κ3) is 3.49. The van der Waals surface area contributed by atoms with Crippen LogP contribution in [0.15, 0.2) is 22.7 Å². The number of piperidine rings is 1. The van der Waals surface area contributed by atoms with Crippen LogP contribution in [0, 0.1) is 11.7 Å². The molecule has 0 amide bonds. The van der Waals surface area contributed by atoms with Crippen molar-refractivity contribution in [1.82, 2.24) is 10.2 Å². The molecule has 4 heteroatoms. The molecule has 0 bridgehead atoms. The van der Waals surface area contributed by atoms with Gasteiger partial charge in [0.25, 0.3) is 0 Å². The van der Waals surface area contributed by atoms with E-state index in [1.165, 1.54) is 25.7 Å². The van der Waals surface area contributed by atoms with Gasteiger partial charge in [0, 0.05) is 28.7 Å². The second-order valence-electron chi connectivity index (χ2n) is 6.44. The van der Waals surface area contributed by atoms with Crippen molar-refractivity contribution in [2.75, 3.05) is 19.6 Å². The summed E-state index contributed by atoms with van der Waals surface area (Å²) in [6.45, 7) is 5.48. The standard InChI is InChI=1S/C17H24BrFN2/c1-12(15-7-6-14(18)10-16(15)19)21-9-3-4-13(11-21)17-5-2-8-20-17/h6-7,10,12-13,17,20H,2-5,8-9,11H2,1H3. The van der Waals surface area contributed by atoms with Crippen molar-refractivity contribution >= 4 is 15.9 Å². The topological polar surface area (TPSA) is 15.3 Å². The maximum atomic E-state index is 14.2. The molecule has 0 radical (unpaired) electrons. The summed E-state index contributed by atoms with van der Waals surface area (Å²) in [5, 5.41) is 3.64. The highest BCUT2D eigenvalue weighted by atomic mass is 79.9. The van der Waals surface area contributed by atoms with Crippen molar-refractivity contribution in [1.29, 1.82) is 0 Å². The van der Waals surface area contributed by atoms with Gasteiger partial charge in [-0.1, -0.05) is 22.0 Å². The molecular weight excluding hydrogens is 331 g/mol. The number of hydrogen-bond donors (Lipinski definition) is 1. The number of rotatable bonds is 3. The Morgan fingerprint density at radius 1 is 1.33 bits per heavy atom. The highest BCUT2D eigenvalue weighted by Gasteiger charge is 2.31. The molecule has 2 fully saturated rings. The molecule has 21 heavy (non-hydrogen) atoms. The zero-order valence-corrected chi connectivity index (χ0v) is 14.2. The van der Waals surface area contributed by atoms with E-state index < -0.39 is 0 Å². The highest BCUT2D eigenvalue weighted by molar-refractivity contribution is 9.10. The first-order chi connectivity index (χ1) is 10.1. The molecule has 116 valence electrons. The second-order valence-corrected chi connectivity index (χ2v) is 7.36. The molecule has 1 aromatic carbocycles. The van der Waals surface area contributed by atoms with Gasteiger partial charge in [-0.15, -0.1) is 0 Å². The molecule has 0 spiro atoms. The Morgan fingerprint density at radius 2 is 2.19 bits per heavy atom. The molecule has 3 rings (SSSR count). The van der Waals surface area contributed by atoms with E-state index in [2.05, 4.69) is 33.1 Å². The van der Waals surface area contributed by atoms with E-state index in [1.807, 2.05) is 12.1 Å². The van der Waals surface area contributed by atoms with Crippen LogP contribution in [-0.2, 0) is 0 Å². The van der Waals surface area contributed by atoms with Gasteiger partial charge in [-0.05, 0) is 63.7 Å². The van der Waals surface area contributed by atoms with Crippen LogP contribution in [0.4, 0.5) is 4.39 Å². The Balaban J connectivity index is 1.70. The molecule has 2 heterocycles. The molecule has 3 atom stereocenters. The minimum absolute atomic E-state index is 0.0991. The normalized spacial score (nSPS) is 28.7. The fourth-order valence-corrected chi connectivity index (χ4v) is 4.20. The Labute approximate surface area is 135 Å². The molecule has 2 aliphatic rings. The minimum Gasteiger partial charge on any atom is -0.314 e. The summed E-state index contributed by atoms with van der Waals surface area (Å²) in [4.78, 5) is 2.46. The van der Waals surface area contributed by atoms with Crippen LogP contribution >= 0.6 is 15.9 Å². The fraction of sp³-hybridized carbons (Fsp3) is 0.647. The van der Waals surface area contributed by atoms with Gasteiger partial charge in [-0.2, -0.15) is 0 Å².